The summed E-state index contributed by atoms with van der Waals surface area (Å²) in [6, 6.07) is 6.92. The minimum atomic E-state index is -2.66. The first-order valence-corrected chi connectivity index (χ1v) is 12.1. The van der Waals surface area contributed by atoms with Crippen LogP contribution in [0.4, 0.5) is 8.78 Å². The molecule has 15 heteroatoms. The van der Waals surface area contributed by atoms with Gasteiger partial charge in [0.05, 0.1) is 13.2 Å². The third-order valence-electron chi connectivity index (χ3n) is 6.96. The van der Waals surface area contributed by atoms with Gasteiger partial charge in [0.1, 0.15) is 36.6 Å². The van der Waals surface area contributed by atoms with Crippen molar-refractivity contribution in [3.8, 4) is 22.6 Å². The summed E-state index contributed by atoms with van der Waals surface area (Å²) < 4.78 is 51.0. The van der Waals surface area contributed by atoms with Crippen LogP contribution in [0.25, 0.3) is 11.1 Å². The molecule has 0 bridgehead atoms. The molecule has 0 saturated carbocycles. The van der Waals surface area contributed by atoms with Gasteiger partial charge in [0, 0.05) is 0 Å². The van der Waals surface area contributed by atoms with Crippen LogP contribution in [-0.4, -0.2) is 115 Å². The lowest BCUT2D eigenvalue weighted by Crippen LogP contribution is -2.72. The van der Waals surface area contributed by atoms with E-state index in [2.05, 4.69) is 0 Å². The topological polar surface area (TPSA) is 225 Å². The highest BCUT2D eigenvalue weighted by Crippen LogP contribution is 2.35. The van der Waals surface area contributed by atoms with Crippen molar-refractivity contribution < 1.29 is 68.6 Å². The Kier molecular flexibility index (Phi) is 8.66. The third kappa shape index (κ3) is 5.50. The third-order valence-corrected chi connectivity index (χ3v) is 6.96. The zero-order valence-corrected chi connectivity index (χ0v) is 21.0. The predicted octanol–water partition coefficient (Wildman–Crippen LogP) is -2.33. The number of nitrogens with two attached hydrogens (primary N) is 1. The van der Waals surface area contributed by atoms with Crippen molar-refractivity contribution >= 4 is 0 Å². The summed E-state index contributed by atoms with van der Waals surface area (Å²) >= 11 is 0. The summed E-state index contributed by atoms with van der Waals surface area (Å²) in [7, 11) is 0. The molecule has 2 aromatic carbocycles. The van der Waals surface area contributed by atoms with Crippen LogP contribution in [-0.2, 0) is 9.47 Å². The Morgan fingerprint density at radius 3 is 1.65 bits per heavy atom. The van der Waals surface area contributed by atoms with Gasteiger partial charge in [0.25, 0.3) is 0 Å². The Labute approximate surface area is 226 Å². The van der Waals surface area contributed by atoms with Crippen molar-refractivity contribution in [1.82, 2.24) is 0 Å². The van der Waals surface area contributed by atoms with Crippen LogP contribution in [0.2, 0.25) is 0 Å². The van der Waals surface area contributed by atoms with Crippen LogP contribution in [0.3, 0.4) is 0 Å². The lowest BCUT2D eigenvalue weighted by molar-refractivity contribution is -0.319. The van der Waals surface area contributed by atoms with E-state index in [-0.39, 0.29) is 11.1 Å². The summed E-state index contributed by atoms with van der Waals surface area (Å²) in [6.07, 6.45) is -13.3. The maximum absolute atomic E-state index is 14.9. The fourth-order valence-electron chi connectivity index (χ4n) is 4.38. The second-order valence-corrected chi connectivity index (χ2v) is 9.89. The summed E-state index contributed by atoms with van der Waals surface area (Å²) in [5.74, 6) is -2.84. The molecule has 2 aliphatic rings. The highest BCUT2D eigenvalue weighted by atomic mass is 19.1. The molecule has 2 aliphatic heterocycles. The fraction of sp³-hybridized carbons (Fsp3) is 0.520. The Hall–Kier alpha value is -2.54. The molecule has 0 amide bonds. The van der Waals surface area contributed by atoms with Gasteiger partial charge in [-0.05, 0) is 42.3 Å². The number of aliphatic hydroxyl groups excluding tert-OH is 6. The number of benzene rings is 2. The van der Waals surface area contributed by atoms with E-state index in [0.717, 1.165) is 31.2 Å². The summed E-state index contributed by atoms with van der Waals surface area (Å²) in [5, 5.41) is 79.6. The first-order chi connectivity index (χ1) is 18.7. The summed E-state index contributed by atoms with van der Waals surface area (Å²) in [5.41, 5.74) is 1.13. The van der Waals surface area contributed by atoms with Gasteiger partial charge in [-0.25, -0.2) is 8.78 Å². The SMILES string of the molecule is C[C@@]1(O)[C@@H](Oc2ccc(-c3ccc(O[C@H]4O[C@H](CO)[C@@H](O)[C@H](O)[C@]4(N)O)c(F)c3)cc2F)O[C@H](CO)[C@@H](O)[C@@H]1O. The highest BCUT2D eigenvalue weighted by Gasteiger charge is 2.55. The number of halogens is 2. The molecule has 2 heterocycles. The Bertz CT molecular complexity index is 1110. The fourth-order valence-corrected chi connectivity index (χ4v) is 4.38. The molecule has 40 heavy (non-hydrogen) atoms. The van der Waals surface area contributed by atoms with Gasteiger partial charge in [-0.15, -0.1) is 0 Å². The molecule has 2 aromatic rings. The molecule has 10 N–H and O–H groups in total. The van der Waals surface area contributed by atoms with Gasteiger partial charge in [-0.1, -0.05) is 12.1 Å². The van der Waals surface area contributed by atoms with Crippen molar-refractivity contribution in [3.63, 3.8) is 0 Å². The Morgan fingerprint density at radius 1 is 0.775 bits per heavy atom. The van der Waals surface area contributed by atoms with Crippen molar-refractivity contribution in [2.24, 2.45) is 5.73 Å². The molecule has 0 aliphatic carbocycles. The Balaban J connectivity index is 1.51. The molecule has 2 fully saturated rings. The van der Waals surface area contributed by atoms with E-state index in [9.17, 15) is 49.6 Å². The van der Waals surface area contributed by atoms with Gasteiger partial charge in [-0.3, -0.25) is 5.73 Å². The first kappa shape index (κ1) is 30.4. The smallest absolute Gasteiger partial charge is 0.245 e. The lowest BCUT2D eigenvalue weighted by atomic mass is 9.88. The van der Waals surface area contributed by atoms with Crippen molar-refractivity contribution in [2.45, 2.75) is 67.5 Å². The predicted molar refractivity (Wildman–Crippen MR) is 128 cm³/mol. The monoisotopic (exact) mass is 575 g/mol. The van der Waals surface area contributed by atoms with E-state index in [1.54, 1.807) is 0 Å². The molecule has 4 rings (SSSR count). The zero-order chi connectivity index (χ0) is 29.6. The van der Waals surface area contributed by atoms with Crippen molar-refractivity contribution in [1.29, 1.82) is 0 Å². The van der Waals surface area contributed by atoms with Gasteiger partial charge >= 0.3 is 0 Å². The largest absolute Gasteiger partial charge is 0.459 e. The molecule has 0 aromatic heterocycles. The molecular formula is C25H31F2NO12. The van der Waals surface area contributed by atoms with Crippen LogP contribution >= 0.6 is 0 Å². The average molecular weight is 576 g/mol. The van der Waals surface area contributed by atoms with Crippen LogP contribution < -0.4 is 15.2 Å². The molecular weight excluding hydrogens is 544 g/mol. The first-order valence-electron chi connectivity index (χ1n) is 12.1. The van der Waals surface area contributed by atoms with E-state index < -0.39 is 96.9 Å². The molecule has 0 unspecified atom stereocenters. The van der Waals surface area contributed by atoms with Crippen molar-refractivity contribution in [3.05, 3.63) is 48.0 Å². The number of ether oxygens (including phenoxy) is 4. The molecule has 222 valence electrons. The van der Waals surface area contributed by atoms with Gasteiger partial charge in [0.15, 0.2) is 28.7 Å². The maximum Gasteiger partial charge on any atom is 0.245 e. The van der Waals surface area contributed by atoms with E-state index in [1.165, 1.54) is 12.1 Å². The number of aliphatic hydroxyl groups is 8. The van der Waals surface area contributed by atoms with Gasteiger partial charge in [0.2, 0.25) is 18.3 Å². The minimum absolute atomic E-state index is 0.173. The van der Waals surface area contributed by atoms with E-state index in [4.69, 9.17) is 24.7 Å². The molecule has 10 atom stereocenters. The second-order valence-electron chi connectivity index (χ2n) is 9.89. The number of rotatable bonds is 7. The van der Waals surface area contributed by atoms with Crippen LogP contribution in [0, 0.1) is 11.6 Å². The quantitative estimate of drug-likeness (QED) is 0.158. The van der Waals surface area contributed by atoms with Gasteiger partial charge in [-0.2, -0.15) is 0 Å². The normalized spacial score (nSPS) is 38.2. The van der Waals surface area contributed by atoms with Crippen molar-refractivity contribution in [2.75, 3.05) is 13.2 Å². The number of hydrogen-bond acceptors (Lipinski definition) is 13. The standard InChI is InChI=1S/C25H31F2NO12/c1-24(35)20(33)18(31)16(8-29)39-22(24)37-14-4-2-10(6-12(14)26)11-3-5-15(13(27)7-11)38-23-25(28,36)21(34)19(32)17(9-30)40-23/h2-7,16-23,29-36H,8-9,28H2,1H3/t16-,17-,18-,19-,20+,21+,22+,23+,24+,25+/m1/s1. The zero-order valence-electron chi connectivity index (χ0n) is 21.0. The average Bonchev–Trinajstić information content (AvgIpc) is 2.91. The molecule has 13 nitrogen and oxygen atoms in total. The van der Waals surface area contributed by atoms with E-state index in [1.807, 2.05) is 0 Å². The summed E-state index contributed by atoms with van der Waals surface area (Å²) in [6.45, 7) is -0.354. The van der Waals surface area contributed by atoms with Gasteiger partial charge < -0.3 is 59.8 Å². The number of hydrogen-bond donors (Lipinski definition) is 9. The molecule has 2 saturated heterocycles. The lowest BCUT2D eigenvalue weighted by Gasteiger charge is -2.45. The minimum Gasteiger partial charge on any atom is -0.459 e. The van der Waals surface area contributed by atoms with Crippen LogP contribution in [0.15, 0.2) is 36.4 Å². The molecule has 0 radical (unpaired) electrons. The van der Waals surface area contributed by atoms with Crippen LogP contribution in [0.1, 0.15) is 6.92 Å². The highest BCUT2D eigenvalue weighted by molar-refractivity contribution is 5.65. The maximum atomic E-state index is 14.9. The van der Waals surface area contributed by atoms with E-state index in [0.29, 0.717) is 0 Å². The Morgan fingerprint density at radius 2 is 1.20 bits per heavy atom. The van der Waals surface area contributed by atoms with E-state index >= 15 is 0 Å². The molecule has 0 spiro atoms. The van der Waals surface area contributed by atoms with Crippen LogP contribution in [0.5, 0.6) is 11.5 Å². The second kappa shape index (κ2) is 11.4. The summed E-state index contributed by atoms with van der Waals surface area (Å²) in [4.78, 5) is 0.